The molecule has 24 heavy (non-hydrogen) atoms. The van der Waals surface area contributed by atoms with Crippen molar-refractivity contribution >= 4 is 12.2 Å². The second-order valence-corrected chi connectivity index (χ2v) is 5.97. The van der Waals surface area contributed by atoms with Crippen molar-refractivity contribution in [1.29, 1.82) is 5.26 Å². The molecule has 0 aromatic heterocycles. The average molecular weight is 330 g/mol. The normalized spacial score (nSPS) is 15.9. The lowest BCUT2D eigenvalue weighted by atomic mass is 9.81. The third-order valence-corrected chi connectivity index (χ3v) is 4.58. The van der Waals surface area contributed by atoms with Gasteiger partial charge in [-0.15, -0.1) is 0 Å². The van der Waals surface area contributed by atoms with Crippen molar-refractivity contribution < 1.29 is 19.1 Å². The molecule has 0 heterocycles. The lowest BCUT2D eigenvalue weighted by molar-refractivity contribution is -0.137. The molecule has 1 aliphatic carbocycles. The molecule has 0 atom stereocenters. The number of rotatable bonds is 6. The fourth-order valence-electron chi connectivity index (χ4n) is 3.01. The van der Waals surface area contributed by atoms with Crippen LogP contribution in [0, 0.1) is 11.3 Å². The van der Waals surface area contributed by atoms with Gasteiger partial charge in [-0.3, -0.25) is 9.59 Å². The standard InChI is InChI=1S/C18H22N2O4/c1-20(18(13-19)8-4-3-5-9-18)17(22)12-24-15-7-6-14(11-21)10-16(15)23-2/h6-7,10-11H,3-5,8-9,12H2,1-2H3. The summed E-state index contributed by atoms with van der Waals surface area (Å²) in [6.45, 7) is -0.184. The molecule has 0 spiro atoms. The van der Waals surface area contributed by atoms with E-state index in [2.05, 4.69) is 6.07 Å². The van der Waals surface area contributed by atoms with Crippen LogP contribution in [0.3, 0.4) is 0 Å². The van der Waals surface area contributed by atoms with Crippen LogP contribution in [0.4, 0.5) is 0 Å². The summed E-state index contributed by atoms with van der Waals surface area (Å²) >= 11 is 0. The number of carbonyl (C=O) groups excluding carboxylic acids is 2. The van der Waals surface area contributed by atoms with Crippen LogP contribution in [-0.2, 0) is 4.79 Å². The number of carbonyl (C=O) groups is 2. The van der Waals surface area contributed by atoms with Crippen LogP contribution in [0.25, 0.3) is 0 Å². The third-order valence-electron chi connectivity index (χ3n) is 4.58. The Labute approximate surface area is 142 Å². The van der Waals surface area contributed by atoms with E-state index in [1.54, 1.807) is 25.2 Å². The minimum atomic E-state index is -0.732. The van der Waals surface area contributed by atoms with Gasteiger partial charge in [0.25, 0.3) is 5.91 Å². The topological polar surface area (TPSA) is 79.6 Å². The summed E-state index contributed by atoms with van der Waals surface area (Å²) in [7, 11) is 3.13. The van der Waals surface area contributed by atoms with Gasteiger partial charge in [-0.1, -0.05) is 19.3 Å². The predicted molar refractivity (Wildman–Crippen MR) is 88.1 cm³/mol. The van der Waals surface area contributed by atoms with Crippen molar-refractivity contribution in [3.05, 3.63) is 23.8 Å². The molecule has 6 nitrogen and oxygen atoms in total. The van der Waals surface area contributed by atoms with E-state index < -0.39 is 5.54 Å². The van der Waals surface area contributed by atoms with E-state index in [1.807, 2.05) is 0 Å². The predicted octanol–water partition coefficient (Wildman–Crippen LogP) is 2.57. The van der Waals surface area contributed by atoms with Crippen molar-refractivity contribution in [3.8, 4) is 17.6 Å². The zero-order valence-corrected chi connectivity index (χ0v) is 14.1. The van der Waals surface area contributed by atoms with Crippen molar-refractivity contribution in [2.24, 2.45) is 0 Å². The van der Waals surface area contributed by atoms with Crippen LogP contribution in [0.15, 0.2) is 18.2 Å². The van der Waals surface area contributed by atoms with Crippen LogP contribution in [0.2, 0.25) is 0 Å². The Morgan fingerprint density at radius 3 is 2.62 bits per heavy atom. The van der Waals surface area contributed by atoms with E-state index in [1.165, 1.54) is 12.0 Å². The summed E-state index contributed by atoms with van der Waals surface area (Å²) in [5, 5.41) is 9.55. The molecule has 1 fully saturated rings. The van der Waals surface area contributed by atoms with Crippen LogP contribution >= 0.6 is 0 Å². The second-order valence-electron chi connectivity index (χ2n) is 5.97. The van der Waals surface area contributed by atoms with E-state index in [0.717, 1.165) is 19.3 Å². The molecule has 0 saturated heterocycles. The number of likely N-dealkylation sites (N-methyl/N-ethyl adjacent to an activating group) is 1. The highest BCUT2D eigenvalue weighted by molar-refractivity contribution is 5.79. The molecule has 0 N–H and O–H groups in total. The molecular formula is C18H22N2O4. The maximum absolute atomic E-state index is 12.5. The number of nitriles is 1. The van der Waals surface area contributed by atoms with Gasteiger partial charge in [0, 0.05) is 12.6 Å². The number of benzene rings is 1. The Bertz CT molecular complexity index is 645. The smallest absolute Gasteiger partial charge is 0.261 e. The Kier molecular flexibility index (Phi) is 5.80. The van der Waals surface area contributed by atoms with Gasteiger partial charge < -0.3 is 14.4 Å². The molecule has 2 rings (SSSR count). The Hall–Kier alpha value is -2.55. The van der Waals surface area contributed by atoms with Gasteiger partial charge in [0.15, 0.2) is 18.1 Å². The number of nitrogens with zero attached hydrogens (tertiary/aromatic N) is 2. The van der Waals surface area contributed by atoms with E-state index in [4.69, 9.17) is 9.47 Å². The fraction of sp³-hybridized carbons (Fsp3) is 0.500. The van der Waals surface area contributed by atoms with Crippen LogP contribution in [0.1, 0.15) is 42.5 Å². The number of amides is 1. The molecule has 1 amide bonds. The maximum Gasteiger partial charge on any atom is 0.261 e. The molecule has 0 bridgehead atoms. The lowest BCUT2D eigenvalue weighted by Crippen LogP contribution is -2.51. The van der Waals surface area contributed by atoms with Crippen molar-refractivity contribution in [2.75, 3.05) is 20.8 Å². The molecule has 6 heteroatoms. The first-order valence-corrected chi connectivity index (χ1v) is 8.00. The number of hydrogen-bond acceptors (Lipinski definition) is 5. The molecule has 1 aromatic rings. The highest BCUT2D eigenvalue weighted by atomic mass is 16.5. The zero-order valence-electron chi connectivity index (χ0n) is 14.1. The highest BCUT2D eigenvalue weighted by Crippen LogP contribution is 2.33. The summed E-state index contributed by atoms with van der Waals surface area (Å²) in [5.41, 5.74) is -0.266. The molecule has 1 saturated carbocycles. The Morgan fingerprint density at radius 1 is 1.33 bits per heavy atom. The van der Waals surface area contributed by atoms with Gasteiger partial charge >= 0.3 is 0 Å². The third kappa shape index (κ3) is 3.67. The molecule has 1 aromatic carbocycles. The summed E-state index contributed by atoms with van der Waals surface area (Å²) in [4.78, 5) is 24.8. The monoisotopic (exact) mass is 330 g/mol. The van der Waals surface area contributed by atoms with Gasteiger partial charge in [-0.05, 0) is 31.0 Å². The quantitative estimate of drug-likeness (QED) is 0.749. The minimum Gasteiger partial charge on any atom is -0.493 e. The van der Waals surface area contributed by atoms with Crippen LogP contribution in [-0.4, -0.2) is 43.4 Å². The van der Waals surface area contributed by atoms with Gasteiger partial charge in [-0.25, -0.2) is 0 Å². The Morgan fingerprint density at radius 2 is 2.04 bits per heavy atom. The van der Waals surface area contributed by atoms with Gasteiger partial charge in [-0.2, -0.15) is 5.26 Å². The summed E-state index contributed by atoms with van der Waals surface area (Å²) < 4.78 is 10.7. The summed E-state index contributed by atoms with van der Waals surface area (Å²) in [6.07, 6.45) is 5.11. The van der Waals surface area contributed by atoms with Crippen molar-refractivity contribution in [1.82, 2.24) is 4.90 Å². The molecular weight excluding hydrogens is 308 g/mol. The lowest BCUT2D eigenvalue weighted by Gasteiger charge is -2.38. The van der Waals surface area contributed by atoms with Gasteiger partial charge in [0.2, 0.25) is 0 Å². The first-order chi connectivity index (χ1) is 11.6. The average Bonchev–Trinajstić information content (AvgIpc) is 2.65. The Balaban J connectivity index is 2.05. The van der Waals surface area contributed by atoms with Crippen molar-refractivity contribution in [2.45, 2.75) is 37.6 Å². The van der Waals surface area contributed by atoms with E-state index >= 15 is 0 Å². The largest absolute Gasteiger partial charge is 0.493 e. The fourth-order valence-corrected chi connectivity index (χ4v) is 3.01. The SMILES string of the molecule is COc1cc(C=O)ccc1OCC(=O)N(C)C1(C#N)CCCCC1. The van der Waals surface area contributed by atoms with E-state index in [-0.39, 0.29) is 12.5 Å². The zero-order chi connectivity index (χ0) is 17.6. The van der Waals surface area contributed by atoms with Gasteiger partial charge in [0.1, 0.15) is 11.8 Å². The second kappa shape index (κ2) is 7.82. The molecule has 0 aliphatic heterocycles. The molecule has 1 aliphatic rings. The van der Waals surface area contributed by atoms with Crippen LogP contribution in [0.5, 0.6) is 11.5 Å². The highest BCUT2D eigenvalue weighted by Gasteiger charge is 2.38. The number of aldehydes is 1. The molecule has 0 radical (unpaired) electrons. The van der Waals surface area contributed by atoms with Gasteiger partial charge in [0.05, 0.1) is 13.2 Å². The molecule has 128 valence electrons. The van der Waals surface area contributed by atoms with Crippen molar-refractivity contribution in [3.63, 3.8) is 0 Å². The summed E-state index contributed by atoms with van der Waals surface area (Å²) in [5.74, 6) is 0.530. The maximum atomic E-state index is 12.5. The number of ether oxygens (including phenoxy) is 2. The van der Waals surface area contributed by atoms with E-state index in [0.29, 0.717) is 36.2 Å². The molecule has 0 unspecified atom stereocenters. The number of methoxy groups -OCH3 is 1. The first kappa shape index (κ1) is 17.8. The first-order valence-electron chi connectivity index (χ1n) is 8.00. The van der Waals surface area contributed by atoms with Crippen LogP contribution < -0.4 is 9.47 Å². The van der Waals surface area contributed by atoms with E-state index in [9.17, 15) is 14.9 Å². The minimum absolute atomic E-state index is 0.184. The number of hydrogen-bond donors (Lipinski definition) is 0. The summed E-state index contributed by atoms with van der Waals surface area (Å²) in [6, 6.07) is 7.06.